The van der Waals surface area contributed by atoms with Gasteiger partial charge in [-0.25, -0.2) is 0 Å². The van der Waals surface area contributed by atoms with Gasteiger partial charge in [-0.2, -0.15) is 13.2 Å². The SMILES string of the molecule is CC(C)COc1ccc(NC2NC(c3ccc(O)c(C(N)=O)c3)=CS2)cc1C(F)(F)F. The molecule has 0 spiro atoms. The van der Waals surface area contributed by atoms with Gasteiger partial charge in [-0.05, 0) is 53.3 Å². The first-order valence-corrected chi connectivity index (χ1v) is 10.3. The summed E-state index contributed by atoms with van der Waals surface area (Å²) in [5, 5.41) is 17.6. The van der Waals surface area contributed by atoms with Gasteiger partial charge in [0.05, 0.1) is 23.4 Å². The lowest BCUT2D eigenvalue weighted by Crippen LogP contribution is -2.28. The summed E-state index contributed by atoms with van der Waals surface area (Å²) in [6.45, 7) is 3.90. The quantitative estimate of drug-likeness (QED) is 0.490. The molecule has 0 radical (unpaired) electrons. The number of rotatable bonds is 7. The van der Waals surface area contributed by atoms with Gasteiger partial charge in [0.15, 0.2) is 0 Å². The molecule has 0 saturated carbocycles. The Hall–Kier alpha value is -3.01. The second kappa shape index (κ2) is 9.01. The maximum atomic E-state index is 13.5. The Morgan fingerprint density at radius 3 is 2.68 bits per heavy atom. The minimum atomic E-state index is -4.55. The van der Waals surface area contributed by atoms with E-state index in [2.05, 4.69) is 10.6 Å². The molecule has 1 heterocycles. The van der Waals surface area contributed by atoms with E-state index in [-0.39, 0.29) is 35.3 Å². The summed E-state index contributed by atoms with van der Waals surface area (Å²) in [6.07, 6.45) is -4.55. The van der Waals surface area contributed by atoms with Crippen LogP contribution in [0, 0.1) is 5.92 Å². The number of primary amides is 1. The molecular weight excluding hydrogens is 431 g/mol. The van der Waals surface area contributed by atoms with E-state index in [1.54, 1.807) is 11.5 Å². The molecule has 5 N–H and O–H groups in total. The molecule has 10 heteroatoms. The van der Waals surface area contributed by atoms with E-state index in [9.17, 15) is 23.1 Å². The molecule has 6 nitrogen and oxygen atoms in total. The van der Waals surface area contributed by atoms with Gasteiger partial charge < -0.3 is 26.2 Å². The average molecular weight is 453 g/mol. The van der Waals surface area contributed by atoms with Crippen LogP contribution in [0.15, 0.2) is 41.8 Å². The molecule has 1 unspecified atom stereocenters. The first kappa shape index (κ1) is 22.7. The Labute approximate surface area is 181 Å². The van der Waals surface area contributed by atoms with Crippen LogP contribution in [0.5, 0.6) is 11.5 Å². The molecule has 0 aromatic heterocycles. The number of ether oxygens (including phenoxy) is 1. The number of benzene rings is 2. The summed E-state index contributed by atoms with van der Waals surface area (Å²) in [4.78, 5) is 11.4. The van der Waals surface area contributed by atoms with Crippen LogP contribution < -0.4 is 21.1 Å². The number of amides is 1. The number of alkyl halides is 3. The van der Waals surface area contributed by atoms with Crippen LogP contribution >= 0.6 is 11.8 Å². The van der Waals surface area contributed by atoms with Crippen molar-refractivity contribution in [3.05, 3.63) is 58.5 Å². The van der Waals surface area contributed by atoms with Crippen molar-refractivity contribution in [1.29, 1.82) is 0 Å². The van der Waals surface area contributed by atoms with E-state index in [1.165, 1.54) is 36.0 Å². The average Bonchev–Trinajstić information content (AvgIpc) is 3.14. The molecule has 166 valence electrons. The highest BCUT2D eigenvalue weighted by molar-refractivity contribution is 8.03. The lowest BCUT2D eigenvalue weighted by Gasteiger charge is -2.20. The normalized spacial score (nSPS) is 16.1. The number of halogens is 3. The molecule has 1 atom stereocenters. The van der Waals surface area contributed by atoms with Crippen molar-refractivity contribution in [2.24, 2.45) is 11.7 Å². The third kappa shape index (κ3) is 5.57. The molecule has 0 aliphatic carbocycles. The first-order chi connectivity index (χ1) is 14.5. The molecule has 1 amide bonds. The minimum absolute atomic E-state index is 0.0200. The Bertz CT molecular complexity index is 1010. The van der Waals surface area contributed by atoms with Gasteiger partial charge >= 0.3 is 6.18 Å². The first-order valence-electron chi connectivity index (χ1n) is 9.40. The van der Waals surface area contributed by atoms with Gasteiger partial charge in [-0.15, -0.1) is 0 Å². The fourth-order valence-corrected chi connectivity index (χ4v) is 3.72. The molecule has 2 aromatic carbocycles. The van der Waals surface area contributed by atoms with Crippen LogP contribution in [0.2, 0.25) is 0 Å². The van der Waals surface area contributed by atoms with Crippen molar-refractivity contribution in [1.82, 2.24) is 5.32 Å². The van der Waals surface area contributed by atoms with Crippen LogP contribution in [0.1, 0.15) is 35.3 Å². The Morgan fingerprint density at radius 2 is 2.03 bits per heavy atom. The van der Waals surface area contributed by atoms with E-state index >= 15 is 0 Å². The van der Waals surface area contributed by atoms with Gasteiger partial charge in [-0.1, -0.05) is 25.6 Å². The van der Waals surface area contributed by atoms with Gasteiger partial charge in [0, 0.05) is 5.69 Å². The summed E-state index contributed by atoms with van der Waals surface area (Å²) in [5.74, 6) is -1.10. The predicted molar refractivity (Wildman–Crippen MR) is 115 cm³/mol. The van der Waals surface area contributed by atoms with Gasteiger partial charge in [0.1, 0.15) is 17.0 Å². The highest BCUT2D eigenvalue weighted by Crippen LogP contribution is 2.39. The number of hydrogen-bond acceptors (Lipinski definition) is 6. The highest BCUT2D eigenvalue weighted by Gasteiger charge is 2.35. The monoisotopic (exact) mass is 453 g/mol. The Morgan fingerprint density at radius 1 is 1.29 bits per heavy atom. The van der Waals surface area contributed by atoms with E-state index < -0.39 is 23.1 Å². The number of aromatic hydroxyl groups is 1. The van der Waals surface area contributed by atoms with Gasteiger partial charge in [-0.3, -0.25) is 4.79 Å². The van der Waals surface area contributed by atoms with Crippen molar-refractivity contribution >= 4 is 29.1 Å². The summed E-state index contributed by atoms with van der Waals surface area (Å²) in [7, 11) is 0. The maximum absolute atomic E-state index is 13.5. The number of nitrogens with two attached hydrogens (primary N) is 1. The van der Waals surface area contributed by atoms with Crippen LogP contribution in [0.25, 0.3) is 5.70 Å². The minimum Gasteiger partial charge on any atom is -0.507 e. The molecule has 0 bridgehead atoms. The molecule has 2 aromatic rings. The number of thioether (sulfide) groups is 1. The third-order valence-electron chi connectivity index (χ3n) is 4.34. The van der Waals surface area contributed by atoms with Crippen LogP contribution in [0.3, 0.4) is 0 Å². The number of hydrogen-bond donors (Lipinski definition) is 4. The summed E-state index contributed by atoms with van der Waals surface area (Å²) >= 11 is 1.31. The van der Waals surface area contributed by atoms with Crippen LogP contribution in [0.4, 0.5) is 18.9 Å². The van der Waals surface area contributed by atoms with Gasteiger partial charge in [0.25, 0.3) is 5.91 Å². The lowest BCUT2D eigenvalue weighted by atomic mass is 10.1. The molecule has 0 fully saturated rings. The largest absolute Gasteiger partial charge is 0.507 e. The zero-order valence-corrected chi connectivity index (χ0v) is 17.6. The fraction of sp³-hybridized carbons (Fsp3) is 0.286. The Balaban J connectivity index is 1.73. The van der Waals surface area contributed by atoms with Crippen molar-refractivity contribution in [3.8, 4) is 11.5 Å². The van der Waals surface area contributed by atoms with Crippen molar-refractivity contribution in [3.63, 3.8) is 0 Å². The van der Waals surface area contributed by atoms with E-state index in [4.69, 9.17) is 10.5 Å². The summed E-state index contributed by atoms with van der Waals surface area (Å²) < 4.78 is 45.8. The van der Waals surface area contributed by atoms with Gasteiger partial charge in [0.2, 0.25) is 0 Å². The third-order valence-corrected chi connectivity index (χ3v) is 5.22. The second-order valence-electron chi connectivity index (χ2n) is 7.35. The smallest absolute Gasteiger partial charge is 0.420 e. The topological polar surface area (TPSA) is 96.6 Å². The predicted octanol–water partition coefficient (Wildman–Crippen LogP) is 4.58. The van der Waals surface area contributed by atoms with E-state index in [0.29, 0.717) is 11.3 Å². The lowest BCUT2D eigenvalue weighted by molar-refractivity contribution is -0.139. The number of anilines is 1. The fourth-order valence-electron chi connectivity index (χ4n) is 2.84. The Kier molecular flexibility index (Phi) is 6.59. The van der Waals surface area contributed by atoms with Crippen LogP contribution in [-0.4, -0.2) is 23.1 Å². The molecule has 1 aliphatic rings. The van der Waals surface area contributed by atoms with Crippen LogP contribution in [-0.2, 0) is 6.18 Å². The molecule has 3 rings (SSSR count). The number of carbonyl (C=O) groups excluding carboxylic acids is 1. The van der Waals surface area contributed by atoms with E-state index in [0.717, 1.165) is 6.07 Å². The summed E-state index contributed by atoms with van der Waals surface area (Å²) in [6, 6.07) is 8.25. The van der Waals surface area contributed by atoms with Crippen molar-refractivity contribution in [2.75, 3.05) is 11.9 Å². The van der Waals surface area contributed by atoms with E-state index in [1.807, 2.05) is 13.8 Å². The zero-order chi connectivity index (χ0) is 22.8. The number of nitrogens with one attached hydrogen (secondary N) is 2. The highest BCUT2D eigenvalue weighted by atomic mass is 32.2. The number of phenols is 1. The molecule has 0 saturated heterocycles. The summed E-state index contributed by atoms with van der Waals surface area (Å²) in [5.41, 5.74) is 5.46. The maximum Gasteiger partial charge on any atom is 0.420 e. The van der Waals surface area contributed by atoms with Crippen molar-refractivity contribution < 1.29 is 27.8 Å². The second-order valence-corrected chi connectivity index (χ2v) is 8.33. The standard InChI is InChI=1S/C21H22F3N3O3S/c1-11(2)9-30-18-6-4-13(8-15(18)21(22,23)24)26-20-27-16(10-31-20)12-3-5-17(28)14(7-12)19(25)29/h3-8,10-11,20,26-28H,9H2,1-2H3,(H2,25,29). The van der Waals surface area contributed by atoms with Crippen molar-refractivity contribution in [2.45, 2.75) is 25.5 Å². The molecule has 31 heavy (non-hydrogen) atoms. The molecule has 1 aliphatic heterocycles. The zero-order valence-electron chi connectivity index (χ0n) is 16.8. The molecular formula is C21H22F3N3O3S. The number of carbonyl (C=O) groups is 1.